The molecule has 5 heteroatoms. The Kier molecular flexibility index (Phi) is 6.13. The highest BCUT2D eigenvalue weighted by Crippen LogP contribution is 2.44. The van der Waals surface area contributed by atoms with Crippen molar-refractivity contribution in [3.63, 3.8) is 0 Å². The first-order valence-electron chi connectivity index (χ1n) is 12.4. The minimum absolute atomic E-state index is 0.292. The molecular formula is C33H24Cl2O3. The number of halogens is 2. The van der Waals surface area contributed by atoms with Crippen LogP contribution >= 0.6 is 23.2 Å². The van der Waals surface area contributed by atoms with Gasteiger partial charge in [0.1, 0.15) is 11.2 Å². The molecule has 38 heavy (non-hydrogen) atoms. The number of rotatable bonds is 4. The first kappa shape index (κ1) is 24.8. The van der Waals surface area contributed by atoms with Gasteiger partial charge in [-0.15, -0.1) is 0 Å². The van der Waals surface area contributed by atoms with Crippen molar-refractivity contribution in [2.45, 2.75) is 24.0 Å². The van der Waals surface area contributed by atoms with Gasteiger partial charge < -0.3 is 10.2 Å². The highest BCUT2D eigenvalue weighted by atomic mass is 35.5. The lowest BCUT2D eigenvalue weighted by Gasteiger charge is -2.35. The van der Waals surface area contributed by atoms with Crippen molar-refractivity contribution in [3.05, 3.63) is 152 Å². The predicted molar refractivity (Wildman–Crippen MR) is 153 cm³/mol. The van der Waals surface area contributed by atoms with E-state index in [1.54, 1.807) is 36.4 Å². The molecule has 2 N–H and O–H groups in total. The molecule has 0 amide bonds. The van der Waals surface area contributed by atoms with Gasteiger partial charge in [-0.3, -0.25) is 4.79 Å². The monoisotopic (exact) mass is 538 g/mol. The molecule has 2 aliphatic carbocycles. The van der Waals surface area contributed by atoms with Crippen molar-refractivity contribution in [1.82, 2.24) is 0 Å². The van der Waals surface area contributed by atoms with Crippen molar-refractivity contribution in [3.8, 4) is 0 Å². The van der Waals surface area contributed by atoms with Crippen LogP contribution in [0.5, 0.6) is 0 Å². The Morgan fingerprint density at radius 1 is 0.605 bits per heavy atom. The zero-order valence-corrected chi connectivity index (χ0v) is 21.9. The number of fused-ring (bicyclic) bond motifs is 2. The molecule has 0 heterocycles. The van der Waals surface area contributed by atoms with E-state index in [0.29, 0.717) is 56.3 Å². The van der Waals surface area contributed by atoms with Gasteiger partial charge in [0.2, 0.25) is 0 Å². The summed E-state index contributed by atoms with van der Waals surface area (Å²) in [6, 6.07) is 25.1. The van der Waals surface area contributed by atoms with E-state index in [2.05, 4.69) is 0 Å². The predicted octanol–water partition coefficient (Wildman–Crippen LogP) is 7.53. The standard InChI is InChI=1S/C33H24Cl2O3/c34-23-13-15-25(29(19-23)32(37)17-5-9-21-7-1-3-11-27(21)32)31(36)26-16-14-24(35)20-30(26)33(38)18-6-10-22-8-2-4-12-28(22)33/h1-16,19-20,37-38H,17-18H2. The summed E-state index contributed by atoms with van der Waals surface area (Å²) >= 11 is 12.8. The molecule has 188 valence electrons. The summed E-state index contributed by atoms with van der Waals surface area (Å²) in [6.07, 6.45) is 8.33. The molecule has 0 aliphatic heterocycles. The van der Waals surface area contributed by atoms with E-state index in [0.717, 1.165) is 11.1 Å². The third-order valence-electron chi connectivity index (χ3n) is 7.58. The van der Waals surface area contributed by atoms with Gasteiger partial charge in [0.15, 0.2) is 5.78 Å². The second-order valence-electron chi connectivity index (χ2n) is 9.82. The minimum Gasteiger partial charge on any atom is -0.380 e. The fraction of sp³-hybridized carbons (Fsp3) is 0.121. The van der Waals surface area contributed by atoms with Gasteiger partial charge in [0, 0.05) is 45.1 Å². The van der Waals surface area contributed by atoms with Crippen LogP contribution in [0.3, 0.4) is 0 Å². The summed E-state index contributed by atoms with van der Waals surface area (Å²) in [6.45, 7) is 0. The highest BCUT2D eigenvalue weighted by molar-refractivity contribution is 6.31. The molecule has 6 rings (SSSR count). The van der Waals surface area contributed by atoms with E-state index in [1.165, 1.54) is 0 Å². The van der Waals surface area contributed by atoms with Crippen LogP contribution in [0, 0.1) is 0 Å². The molecular weight excluding hydrogens is 515 g/mol. The summed E-state index contributed by atoms with van der Waals surface area (Å²) in [7, 11) is 0. The lowest BCUT2D eigenvalue weighted by molar-refractivity contribution is 0.0774. The number of hydrogen-bond donors (Lipinski definition) is 2. The van der Waals surface area contributed by atoms with Crippen LogP contribution in [0.25, 0.3) is 12.2 Å². The molecule has 2 atom stereocenters. The van der Waals surface area contributed by atoms with E-state index in [-0.39, 0.29) is 5.78 Å². The molecule has 2 aliphatic rings. The summed E-state index contributed by atoms with van der Waals surface area (Å²) in [5.74, 6) is -0.329. The number of carbonyl (C=O) groups is 1. The summed E-state index contributed by atoms with van der Waals surface area (Å²) in [4.78, 5) is 14.4. The third-order valence-corrected chi connectivity index (χ3v) is 8.05. The third kappa shape index (κ3) is 3.95. The van der Waals surface area contributed by atoms with E-state index >= 15 is 0 Å². The van der Waals surface area contributed by atoms with E-state index < -0.39 is 11.2 Å². The number of benzene rings is 4. The molecule has 0 saturated carbocycles. The van der Waals surface area contributed by atoms with Crippen molar-refractivity contribution in [2.75, 3.05) is 0 Å². The van der Waals surface area contributed by atoms with E-state index in [1.807, 2.05) is 72.8 Å². The largest absolute Gasteiger partial charge is 0.380 e. The average Bonchev–Trinajstić information content (AvgIpc) is 2.93. The number of aliphatic hydroxyl groups is 2. The zero-order chi connectivity index (χ0) is 26.5. The van der Waals surface area contributed by atoms with Gasteiger partial charge in [-0.1, -0.05) is 96.0 Å². The fourth-order valence-corrected chi connectivity index (χ4v) is 6.08. The van der Waals surface area contributed by atoms with Crippen LogP contribution < -0.4 is 0 Å². The minimum atomic E-state index is -1.45. The Balaban J connectivity index is 1.54. The van der Waals surface area contributed by atoms with E-state index in [9.17, 15) is 15.0 Å². The topological polar surface area (TPSA) is 57.5 Å². The Morgan fingerprint density at radius 2 is 1.03 bits per heavy atom. The fourth-order valence-electron chi connectivity index (χ4n) is 5.74. The molecule has 0 bridgehead atoms. The van der Waals surface area contributed by atoms with E-state index in [4.69, 9.17) is 23.2 Å². The quantitative estimate of drug-likeness (QED) is 0.264. The first-order chi connectivity index (χ1) is 18.3. The van der Waals surface area contributed by atoms with Crippen LogP contribution in [0.15, 0.2) is 97.1 Å². The van der Waals surface area contributed by atoms with Gasteiger partial charge in [-0.25, -0.2) is 0 Å². The maximum atomic E-state index is 14.4. The Labute approximate surface area is 231 Å². The maximum Gasteiger partial charge on any atom is 0.193 e. The van der Waals surface area contributed by atoms with Crippen molar-refractivity contribution in [2.24, 2.45) is 0 Å². The molecule has 2 unspecified atom stereocenters. The van der Waals surface area contributed by atoms with Crippen LogP contribution in [0.2, 0.25) is 10.0 Å². The van der Waals surface area contributed by atoms with Gasteiger partial charge in [0.05, 0.1) is 0 Å². The number of carbonyl (C=O) groups excluding carboxylic acids is 1. The normalized spacial score (nSPS) is 21.6. The highest BCUT2D eigenvalue weighted by Gasteiger charge is 2.40. The molecule has 0 fully saturated rings. The molecule has 3 nitrogen and oxygen atoms in total. The molecule has 0 saturated heterocycles. The Bertz CT molecular complexity index is 1530. The first-order valence-corrected chi connectivity index (χ1v) is 13.2. The number of hydrogen-bond acceptors (Lipinski definition) is 3. The van der Waals surface area contributed by atoms with Crippen molar-refractivity contribution in [1.29, 1.82) is 0 Å². The second-order valence-corrected chi connectivity index (χ2v) is 10.7. The lowest BCUT2D eigenvalue weighted by Crippen LogP contribution is -2.33. The van der Waals surface area contributed by atoms with Gasteiger partial charge in [0.25, 0.3) is 0 Å². The SMILES string of the molecule is O=C(c1ccc(Cl)cc1C1(O)CC=Cc2ccccc21)c1ccc(Cl)cc1C1(O)CC=Cc2ccccc21. The zero-order valence-electron chi connectivity index (χ0n) is 20.4. The molecule has 0 radical (unpaired) electrons. The van der Waals surface area contributed by atoms with Crippen LogP contribution in [-0.2, 0) is 11.2 Å². The Hall–Kier alpha value is -3.47. The van der Waals surface area contributed by atoms with Crippen LogP contribution in [0.4, 0.5) is 0 Å². The molecule has 4 aromatic rings. The van der Waals surface area contributed by atoms with Gasteiger partial charge in [-0.05, 0) is 58.7 Å². The molecule has 0 aromatic heterocycles. The molecule has 0 spiro atoms. The van der Waals surface area contributed by atoms with Gasteiger partial charge >= 0.3 is 0 Å². The van der Waals surface area contributed by atoms with Crippen molar-refractivity contribution < 1.29 is 15.0 Å². The smallest absolute Gasteiger partial charge is 0.193 e. The Morgan fingerprint density at radius 3 is 1.47 bits per heavy atom. The summed E-state index contributed by atoms with van der Waals surface area (Å²) in [5.41, 5.74) is 1.74. The average molecular weight is 539 g/mol. The van der Waals surface area contributed by atoms with Crippen LogP contribution in [0.1, 0.15) is 62.1 Å². The summed E-state index contributed by atoms with van der Waals surface area (Å²) < 4.78 is 0. The second kappa shape index (κ2) is 9.37. The van der Waals surface area contributed by atoms with Crippen LogP contribution in [-0.4, -0.2) is 16.0 Å². The lowest BCUT2D eigenvalue weighted by atomic mass is 9.73. The summed E-state index contributed by atoms with van der Waals surface area (Å²) in [5, 5.41) is 25.0. The van der Waals surface area contributed by atoms with Crippen molar-refractivity contribution >= 4 is 41.1 Å². The maximum absolute atomic E-state index is 14.4. The van der Waals surface area contributed by atoms with Gasteiger partial charge in [-0.2, -0.15) is 0 Å². The number of ketones is 1. The molecule has 4 aromatic carbocycles.